The molecule has 1 amide bonds. The Morgan fingerprint density at radius 2 is 1.68 bits per heavy atom. The van der Waals surface area contributed by atoms with Crippen molar-refractivity contribution in [1.82, 2.24) is 14.9 Å². The summed E-state index contributed by atoms with van der Waals surface area (Å²) in [7, 11) is 0. The molecule has 0 bridgehead atoms. The van der Waals surface area contributed by atoms with Crippen LogP contribution in [0.5, 0.6) is 0 Å². The molecule has 4 nitrogen and oxygen atoms in total. The molecular formula is C32H22ClF3N3O. The maximum atomic E-state index is 13.7. The van der Waals surface area contributed by atoms with E-state index in [0.717, 1.165) is 17.2 Å². The molecule has 2 heterocycles. The van der Waals surface area contributed by atoms with E-state index in [1.807, 2.05) is 12.1 Å². The van der Waals surface area contributed by atoms with Crippen LogP contribution in [0.15, 0.2) is 78.9 Å². The van der Waals surface area contributed by atoms with Crippen molar-refractivity contribution >= 4 is 28.5 Å². The minimum atomic E-state index is -0.889. The number of benzene rings is 4. The summed E-state index contributed by atoms with van der Waals surface area (Å²) < 4.78 is 40.6. The van der Waals surface area contributed by atoms with Crippen molar-refractivity contribution in [3.8, 4) is 11.3 Å². The van der Waals surface area contributed by atoms with E-state index in [2.05, 4.69) is 6.07 Å². The molecule has 1 aromatic heterocycles. The number of nitrogens with zero attached hydrogens (tertiary/aromatic N) is 3. The highest BCUT2D eigenvalue weighted by Crippen LogP contribution is 2.31. The third-order valence-corrected chi connectivity index (χ3v) is 7.39. The van der Waals surface area contributed by atoms with Gasteiger partial charge in [0.15, 0.2) is 11.6 Å². The van der Waals surface area contributed by atoms with Crippen LogP contribution in [0.1, 0.15) is 33.1 Å². The molecule has 40 heavy (non-hydrogen) atoms. The van der Waals surface area contributed by atoms with E-state index in [4.69, 9.17) is 21.6 Å². The Hall–Kier alpha value is -4.23. The zero-order valence-corrected chi connectivity index (χ0v) is 21.9. The molecule has 1 aliphatic heterocycles. The van der Waals surface area contributed by atoms with Gasteiger partial charge in [-0.1, -0.05) is 35.9 Å². The summed E-state index contributed by atoms with van der Waals surface area (Å²) >= 11 is 6.09. The largest absolute Gasteiger partial charge is 0.337 e. The zero-order valence-electron chi connectivity index (χ0n) is 21.2. The average molecular weight is 557 g/mol. The van der Waals surface area contributed by atoms with Gasteiger partial charge in [0.2, 0.25) is 0 Å². The Balaban J connectivity index is 1.27. The molecule has 199 valence electrons. The molecule has 0 atom stereocenters. The highest BCUT2D eigenvalue weighted by Gasteiger charge is 2.33. The number of amides is 1. The lowest BCUT2D eigenvalue weighted by molar-refractivity contribution is 0.0602. The molecule has 8 heteroatoms. The summed E-state index contributed by atoms with van der Waals surface area (Å²) in [4.78, 5) is 24.6. The van der Waals surface area contributed by atoms with Crippen molar-refractivity contribution in [3.05, 3.63) is 130 Å². The Morgan fingerprint density at radius 1 is 0.875 bits per heavy atom. The number of hydrogen-bond donors (Lipinski definition) is 0. The molecule has 0 saturated carbocycles. The van der Waals surface area contributed by atoms with Crippen molar-refractivity contribution < 1.29 is 18.0 Å². The van der Waals surface area contributed by atoms with Crippen LogP contribution in [0.25, 0.3) is 22.3 Å². The van der Waals surface area contributed by atoms with Crippen LogP contribution < -0.4 is 0 Å². The Morgan fingerprint density at radius 3 is 2.42 bits per heavy atom. The van der Waals surface area contributed by atoms with Gasteiger partial charge >= 0.3 is 0 Å². The lowest BCUT2D eigenvalue weighted by Crippen LogP contribution is -2.48. The van der Waals surface area contributed by atoms with Gasteiger partial charge in [0.1, 0.15) is 5.82 Å². The molecule has 5 aromatic rings. The van der Waals surface area contributed by atoms with Gasteiger partial charge in [-0.3, -0.25) is 4.79 Å². The summed E-state index contributed by atoms with van der Waals surface area (Å²) in [6, 6.07) is 23.8. The molecule has 1 fully saturated rings. The number of aryl methyl sites for hydroxylation is 2. The van der Waals surface area contributed by atoms with Gasteiger partial charge < -0.3 is 4.90 Å². The van der Waals surface area contributed by atoms with Gasteiger partial charge in [-0.25, -0.2) is 23.1 Å². The normalized spacial score (nSPS) is 13.4. The van der Waals surface area contributed by atoms with E-state index in [1.165, 1.54) is 18.2 Å². The lowest BCUT2D eigenvalue weighted by atomic mass is 9.90. The quantitative estimate of drug-likeness (QED) is 0.222. The highest BCUT2D eigenvalue weighted by molar-refractivity contribution is 6.30. The molecule has 0 N–H and O–H groups in total. The van der Waals surface area contributed by atoms with Crippen molar-refractivity contribution in [2.45, 2.75) is 18.8 Å². The molecule has 1 radical (unpaired) electrons. The van der Waals surface area contributed by atoms with Crippen molar-refractivity contribution in [3.63, 3.8) is 0 Å². The van der Waals surface area contributed by atoms with E-state index in [-0.39, 0.29) is 17.6 Å². The minimum Gasteiger partial charge on any atom is -0.337 e. The number of likely N-dealkylation sites (tertiary alicyclic amines) is 1. The fourth-order valence-electron chi connectivity index (χ4n) is 4.92. The second kappa shape index (κ2) is 10.7. The summed E-state index contributed by atoms with van der Waals surface area (Å²) in [6.07, 6.45) is 0.997. The Bertz CT molecular complexity index is 1740. The van der Waals surface area contributed by atoms with Crippen LogP contribution in [0.3, 0.4) is 0 Å². The van der Waals surface area contributed by atoms with Gasteiger partial charge in [-0.15, -0.1) is 0 Å². The number of carbonyl (C=O) groups is 1. The van der Waals surface area contributed by atoms with Crippen LogP contribution in [0.2, 0.25) is 5.02 Å². The van der Waals surface area contributed by atoms with E-state index in [0.29, 0.717) is 64.5 Å². The molecule has 1 aliphatic rings. The molecule has 0 unspecified atom stereocenters. The first-order valence-electron chi connectivity index (χ1n) is 12.8. The maximum absolute atomic E-state index is 13.7. The molecule has 6 rings (SSSR count). The van der Waals surface area contributed by atoms with Crippen LogP contribution in [0.4, 0.5) is 13.2 Å². The number of fused-ring (bicyclic) bond motifs is 1. The van der Waals surface area contributed by atoms with Crippen molar-refractivity contribution in [2.75, 3.05) is 13.1 Å². The van der Waals surface area contributed by atoms with Crippen molar-refractivity contribution in [1.29, 1.82) is 0 Å². The Labute approximate surface area is 234 Å². The predicted molar refractivity (Wildman–Crippen MR) is 148 cm³/mol. The standard InChI is InChI=1S/C32H22ClF3N3O/c33-24-9-5-20(6-10-24)31-29(12-4-19-2-1-3-25(34)14-19)37-30-16-22(8-13-28(30)38-31)32(40)39-17-23(18-39)21-7-11-26(35)27(36)15-21/h1,3,5-11,13-16,23H,4,12,17-18H2. The van der Waals surface area contributed by atoms with Crippen LogP contribution in [-0.4, -0.2) is 33.9 Å². The molecule has 0 spiro atoms. The topological polar surface area (TPSA) is 46.1 Å². The van der Waals surface area contributed by atoms with Crippen LogP contribution in [0, 0.1) is 23.5 Å². The van der Waals surface area contributed by atoms with Crippen LogP contribution >= 0.6 is 11.6 Å². The fraction of sp³-hybridized carbons (Fsp3) is 0.156. The van der Waals surface area contributed by atoms with Gasteiger partial charge in [-0.05, 0) is 84.6 Å². The second-order valence-electron chi connectivity index (χ2n) is 9.84. The SMILES string of the molecule is O=C(c1ccc2nc(-c3ccc(Cl)cc3)c(CCc3[c]ccc(F)c3)nc2c1)N1CC(c2ccc(F)c(F)c2)C1. The minimum absolute atomic E-state index is 0.0486. The summed E-state index contributed by atoms with van der Waals surface area (Å²) in [5.74, 6) is -2.31. The Kier molecular flexibility index (Phi) is 6.98. The fourth-order valence-corrected chi connectivity index (χ4v) is 5.05. The number of halogens is 4. The van der Waals surface area contributed by atoms with Crippen molar-refractivity contribution in [2.24, 2.45) is 0 Å². The van der Waals surface area contributed by atoms with E-state index < -0.39 is 11.6 Å². The van der Waals surface area contributed by atoms with E-state index >= 15 is 0 Å². The zero-order chi connectivity index (χ0) is 27.8. The third kappa shape index (κ3) is 5.29. The first kappa shape index (κ1) is 26.0. The van der Waals surface area contributed by atoms with Gasteiger partial charge in [-0.2, -0.15) is 0 Å². The molecule has 1 saturated heterocycles. The van der Waals surface area contributed by atoms with Gasteiger partial charge in [0.05, 0.1) is 22.4 Å². The smallest absolute Gasteiger partial charge is 0.253 e. The van der Waals surface area contributed by atoms with Gasteiger partial charge in [0.25, 0.3) is 5.91 Å². The summed E-state index contributed by atoms with van der Waals surface area (Å²) in [5.41, 5.74) is 5.31. The van der Waals surface area contributed by atoms with Gasteiger partial charge in [0, 0.05) is 35.2 Å². The van der Waals surface area contributed by atoms with E-state index in [1.54, 1.807) is 47.4 Å². The number of rotatable bonds is 6. The predicted octanol–water partition coefficient (Wildman–Crippen LogP) is 7.19. The monoisotopic (exact) mass is 556 g/mol. The van der Waals surface area contributed by atoms with E-state index in [9.17, 15) is 18.0 Å². The third-order valence-electron chi connectivity index (χ3n) is 7.14. The molecule has 0 aliphatic carbocycles. The first-order chi connectivity index (χ1) is 19.3. The lowest BCUT2D eigenvalue weighted by Gasteiger charge is -2.39. The van der Waals surface area contributed by atoms with Crippen LogP contribution in [-0.2, 0) is 12.8 Å². The average Bonchev–Trinajstić information content (AvgIpc) is 2.92. The molecular weight excluding hydrogens is 535 g/mol. The second-order valence-corrected chi connectivity index (χ2v) is 10.3. The number of hydrogen-bond acceptors (Lipinski definition) is 3. The summed E-state index contributed by atoms with van der Waals surface area (Å²) in [6.45, 7) is 0.830. The molecule has 4 aromatic carbocycles. The number of aromatic nitrogens is 2. The highest BCUT2D eigenvalue weighted by atomic mass is 35.5. The first-order valence-corrected chi connectivity index (χ1v) is 13.2. The summed E-state index contributed by atoms with van der Waals surface area (Å²) in [5, 5.41) is 0.606. The maximum Gasteiger partial charge on any atom is 0.253 e. The number of carbonyl (C=O) groups excluding carboxylic acids is 1.